The second-order valence-electron chi connectivity index (χ2n) is 6.90. The van der Waals surface area contributed by atoms with Crippen LogP contribution in [0.25, 0.3) is 22.1 Å². The van der Waals surface area contributed by atoms with Crippen molar-refractivity contribution in [2.24, 2.45) is 0 Å². The van der Waals surface area contributed by atoms with Crippen LogP contribution >= 0.6 is 0 Å². The van der Waals surface area contributed by atoms with Gasteiger partial charge in [-0.15, -0.1) is 0 Å². The molecule has 0 unspecified atom stereocenters. The largest absolute Gasteiger partial charge is 0.439 e. The maximum Gasteiger partial charge on any atom is 0.326 e. The number of fused-ring (bicyclic) bond motifs is 2. The van der Waals surface area contributed by atoms with E-state index in [0.29, 0.717) is 6.54 Å². The maximum absolute atomic E-state index is 12.4. The molecule has 3 heterocycles. The van der Waals surface area contributed by atoms with Crippen LogP contribution in [0.3, 0.4) is 0 Å². The summed E-state index contributed by atoms with van der Waals surface area (Å²) in [6, 6.07) is 16.0. The first-order valence-corrected chi connectivity index (χ1v) is 9.04. The van der Waals surface area contributed by atoms with E-state index >= 15 is 0 Å². The minimum Gasteiger partial charge on any atom is -0.439 e. The number of nitrogens with one attached hydrogen (secondary N) is 1. The summed E-state index contributed by atoms with van der Waals surface area (Å²) in [5.74, 6) is 0.758. The molecule has 132 valence electrons. The summed E-state index contributed by atoms with van der Waals surface area (Å²) >= 11 is 0. The van der Waals surface area contributed by atoms with Crippen molar-refractivity contribution in [1.29, 1.82) is 0 Å². The van der Waals surface area contributed by atoms with E-state index in [9.17, 15) is 4.79 Å². The smallest absolute Gasteiger partial charge is 0.326 e. The van der Waals surface area contributed by atoms with Gasteiger partial charge in [-0.25, -0.2) is 9.78 Å². The Hall–Kier alpha value is -2.86. The first-order chi connectivity index (χ1) is 12.8. The molecule has 0 bridgehead atoms. The number of hydrogen-bond acceptors (Lipinski definition) is 4. The molecule has 6 heteroatoms. The minimum absolute atomic E-state index is 0.0106. The van der Waals surface area contributed by atoms with Crippen molar-refractivity contribution in [2.45, 2.75) is 25.4 Å². The number of imidazole rings is 1. The zero-order chi connectivity index (χ0) is 17.5. The van der Waals surface area contributed by atoms with Gasteiger partial charge in [0.1, 0.15) is 5.52 Å². The van der Waals surface area contributed by atoms with Gasteiger partial charge in [0.05, 0.1) is 17.6 Å². The fraction of sp³-hybridized carbons (Fsp3) is 0.300. The lowest BCUT2D eigenvalue weighted by Crippen LogP contribution is -2.36. The SMILES string of the molecule is O=c1[nH]c2ccccc2n1C1CCN(Cc2nc3ccccc3o2)CC1. The number of oxazole rings is 1. The van der Waals surface area contributed by atoms with E-state index in [1.54, 1.807) is 0 Å². The van der Waals surface area contributed by atoms with Crippen LogP contribution in [0, 0.1) is 0 Å². The highest BCUT2D eigenvalue weighted by atomic mass is 16.3. The molecule has 4 aromatic rings. The lowest BCUT2D eigenvalue weighted by Gasteiger charge is -2.31. The number of rotatable bonds is 3. The molecule has 2 aromatic heterocycles. The van der Waals surface area contributed by atoms with Crippen LogP contribution in [-0.4, -0.2) is 32.5 Å². The van der Waals surface area contributed by atoms with Crippen molar-refractivity contribution in [2.75, 3.05) is 13.1 Å². The van der Waals surface area contributed by atoms with E-state index < -0.39 is 0 Å². The summed E-state index contributed by atoms with van der Waals surface area (Å²) < 4.78 is 7.76. The first-order valence-electron chi connectivity index (χ1n) is 9.04. The van der Waals surface area contributed by atoms with Gasteiger partial charge in [0, 0.05) is 19.1 Å². The Morgan fingerprint density at radius 3 is 2.69 bits per heavy atom. The maximum atomic E-state index is 12.4. The molecule has 5 rings (SSSR count). The van der Waals surface area contributed by atoms with Crippen molar-refractivity contribution >= 4 is 22.1 Å². The Labute approximate surface area is 150 Å². The molecule has 1 aliphatic rings. The molecule has 0 spiro atoms. The number of H-pyrrole nitrogens is 1. The van der Waals surface area contributed by atoms with Crippen molar-refractivity contribution in [3.63, 3.8) is 0 Å². The number of aromatic nitrogens is 3. The summed E-state index contributed by atoms with van der Waals surface area (Å²) in [5, 5.41) is 0. The van der Waals surface area contributed by atoms with E-state index in [0.717, 1.165) is 54.0 Å². The average Bonchev–Trinajstić information content (AvgIpc) is 3.21. The molecule has 0 aliphatic carbocycles. The lowest BCUT2D eigenvalue weighted by atomic mass is 10.0. The molecule has 26 heavy (non-hydrogen) atoms. The Balaban J connectivity index is 1.31. The highest BCUT2D eigenvalue weighted by Crippen LogP contribution is 2.26. The van der Waals surface area contributed by atoms with Gasteiger partial charge in [0.2, 0.25) is 5.89 Å². The zero-order valence-corrected chi connectivity index (χ0v) is 14.4. The van der Waals surface area contributed by atoms with E-state index in [-0.39, 0.29) is 11.7 Å². The Morgan fingerprint density at radius 1 is 1.08 bits per heavy atom. The van der Waals surface area contributed by atoms with Crippen LogP contribution < -0.4 is 5.69 Å². The van der Waals surface area contributed by atoms with E-state index in [1.807, 2.05) is 53.1 Å². The number of piperidine rings is 1. The standard InChI is InChI=1S/C20H20N4O2/c25-20-22-15-5-1-3-7-17(15)24(20)14-9-11-23(12-10-14)13-19-21-16-6-2-4-8-18(16)26-19/h1-8,14H,9-13H2,(H,22,25). The van der Waals surface area contributed by atoms with Crippen LogP contribution in [0.15, 0.2) is 57.7 Å². The monoisotopic (exact) mass is 348 g/mol. The van der Waals surface area contributed by atoms with Crippen LogP contribution in [0.4, 0.5) is 0 Å². The summed E-state index contributed by atoms with van der Waals surface area (Å²) in [4.78, 5) is 22.2. The zero-order valence-electron chi connectivity index (χ0n) is 14.4. The van der Waals surface area contributed by atoms with Crippen LogP contribution in [0.5, 0.6) is 0 Å². The third-order valence-electron chi connectivity index (χ3n) is 5.24. The molecular formula is C20H20N4O2. The van der Waals surface area contributed by atoms with Crippen LogP contribution in [0.1, 0.15) is 24.8 Å². The van der Waals surface area contributed by atoms with Crippen molar-refractivity contribution in [1.82, 2.24) is 19.4 Å². The van der Waals surface area contributed by atoms with Gasteiger partial charge >= 0.3 is 5.69 Å². The van der Waals surface area contributed by atoms with Gasteiger partial charge < -0.3 is 9.40 Å². The molecule has 1 aliphatic heterocycles. The fourth-order valence-electron chi connectivity index (χ4n) is 3.95. The van der Waals surface area contributed by atoms with Gasteiger partial charge in [-0.3, -0.25) is 9.47 Å². The van der Waals surface area contributed by atoms with Gasteiger partial charge in [0.15, 0.2) is 5.58 Å². The summed E-state index contributed by atoms with van der Waals surface area (Å²) in [6.45, 7) is 2.56. The number of nitrogens with zero attached hydrogens (tertiary/aromatic N) is 3. The predicted molar refractivity (Wildman–Crippen MR) is 100 cm³/mol. The predicted octanol–water partition coefficient (Wildman–Crippen LogP) is 3.31. The second kappa shape index (κ2) is 6.14. The van der Waals surface area contributed by atoms with E-state index in [1.165, 1.54) is 0 Å². The minimum atomic E-state index is -0.0106. The molecule has 1 fully saturated rings. The molecule has 0 saturated carbocycles. The Kier molecular flexibility index (Phi) is 3.64. The lowest BCUT2D eigenvalue weighted by molar-refractivity contribution is 0.167. The van der Waals surface area contributed by atoms with Crippen molar-refractivity contribution in [3.05, 3.63) is 64.9 Å². The Morgan fingerprint density at radius 2 is 1.85 bits per heavy atom. The second-order valence-corrected chi connectivity index (χ2v) is 6.90. The van der Waals surface area contributed by atoms with Gasteiger partial charge in [0.25, 0.3) is 0 Å². The number of para-hydroxylation sites is 4. The molecule has 1 saturated heterocycles. The third kappa shape index (κ3) is 2.63. The normalized spacial score (nSPS) is 16.6. The summed E-state index contributed by atoms with van der Waals surface area (Å²) in [7, 11) is 0. The number of likely N-dealkylation sites (tertiary alicyclic amines) is 1. The fourth-order valence-corrected chi connectivity index (χ4v) is 3.95. The first kappa shape index (κ1) is 15.4. The van der Waals surface area contributed by atoms with E-state index in [4.69, 9.17) is 4.42 Å². The van der Waals surface area contributed by atoms with Crippen molar-refractivity contribution in [3.8, 4) is 0 Å². The molecule has 1 N–H and O–H groups in total. The topological polar surface area (TPSA) is 67.1 Å². The highest BCUT2D eigenvalue weighted by Gasteiger charge is 2.24. The number of hydrogen-bond donors (Lipinski definition) is 1. The van der Waals surface area contributed by atoms with Gasteiger partial charge in [-0.2, -0.15) is 0 Å². The third-order valence-corrected chi connectivity index (χ3v) is 5.24. The molecule has 2 aromatic carbocycles. The molecular weight excluding hydrogens is 328 g/mol. The number of benzene rings is 2. The quantitative estimate of drug-likeness (QED) is 0.617. The van der Waals surface area contributed by atoms with Crippen LogP contribution in [0.2, 0.25) is 0 Å². The highest BCUT2D eigenvalue weighted by molar-refractivity contribution is 5.75. The molecule has 6 nitrogen and oxygen atoms in total. The average molecular weight is 348 g/mol. The Bertz CT molecular complexity index is 1080. The van der Waals surface area contributed by atoms with Gasteiger partial charge in [-0.1, -0.05) is 24.3 Å². The van der Waals surface area contributed by atoms with Gasteiger partial charge in [-0.05, 0) is 37.1 Å². The van der Waals surface area contributed by atoms with Crippen LogP contribution in [-0.2, 0) is 6.54 Å². The molecule has 0 amide bonds. The van der Waals surface area contributed by atoms with Crippen molar-refractivity contribution < 1.29 is 4.42 Å². The molecule has 0 atom stereocenters. The summed E-state index contributed by atoms with van der Waals surface area (Å²) in [5.41, 5.74) is 3.63. The number of aromatic amines is 1. The van der Waals surface area contributed by atoms with E-state index in [2.05, 4.69) is 14.9 Å². The molecule has 0 radical (unpaired) electrons. The summed E-state index contributed by atoms with van der Waals surface area (Å²) in [6.07, 6.45) is 1.89.